The standard InChI is InChI=1S/C15H20N2O3/c1-10-9-11(5-6-12(10)16)13(18)17-15(14(19)20)7-3-2-4-8-15/h5-6,9H,2-4,7-8,16H2,1H3,(H,17,18)(H,19,20). The predicted molar refractivity (Wildman–Crippen MR) is 76.5 cm³/mol. The van der Waals surface area contributed by atoms with Gasteiger partial charge in [-0.3, -0.25) is 4.79 Å². The topological polar surface area (TPSA) is 92.4 Å². The molecule has 0 saturated heterocycles. The maximum atomic E-state index is 12.3. The average Bonchev–Trinajstić information content (AvgIpc) is 2.42. The number of amides is 1. The van der Waals surface area contributed by atoms with Crippen molar-refractivity contribution in [2.75, 3.05) is 5.73 Å². The molecule has 2 rings (SSSR count). The number of aryl methyl sites for hydroxylation is 1. The zero-order chi connectivity index (χ0) is 14.8. The third-order valence-electron chi connectivity index (χ3n) is 4.00. The highest BCUT2D eigenvalue weighted by molar-refractivity contribution is 5.98. The largest absolute Gasteiger partial charge is 0.480 e. The number of nitrogen functional groups attached to an aromatic ring is 1. The molecule has 0 radical (unpaired) electrons. The van der Waals surface area contributed by atoms with E-state index in [1.807, 2.05) is 6.92 Å². The average molecular weight is 276 g/mol. The number of nitrogens with two attached hydrogens (primary N) is 1. The van der Waals surface area contributed by atoms with Crippen molar-refractivity contribution in [2.24, 2.45) is 0 Å². The summed E-state index contributed by atoms with van der Waals surface area (Å²) in [6.45, 7) is 1.82. The van der Waals surface area contributed by atoms with Crippen LogP contribution in [0, 0.1) is 6.92 Å². The number of carboxylic acids is 1. The lowest BCUT2D eigenvalue weighted by molar-refractivity contribution is -0.145. The summed E-state index contributed by atoms with van der Waals surface area (Å²) in [6, 6.07) is 4.97. The number of aliphatic carboxylic acids is 1. The monoisotopic (exact) mass is 276 g/mol. The molecule has 108 valence electrons. The Balaban J connectivity index is 2.20. The molecule has 0 unspecified atom stereocenters. The minimum atomic E-state index is -1.12. The van der Waals surface area contributed by atoms with Gasteiger partial charge in [-0.1, -0.05) is 19.3 Å². The van der Waals surface area contributed by atoms with Crippen molar-refractivity contribution < 1.29 is 14.7 Å². The maximum absolute atomic E-state index is 12.3. The summed E-state index contributed by atoms with van der Waals surface area (Å²) in [5.74, 6) is -1.30. The Morgan fingerprint density at radius 3 is 2.45 bits per heavy atom. The lowest BCUT2D eigenvalue weighted by atomic mass is 9.81. The van der Waals surface area contributed by atoms with Gasteiger partial charge in [-0.2, -0.15) is 0 Å². The lowest BCUT2D eigenvalue weighted by Gasteiger charge is -2.34. The van der Waals surface area contributed by atoms with Crippen molar-refractivity contribution in [3.8, 4) is 0 Å². The van der Waals surface area contributed by atoms with Gasteiger partial charge in [0, 0.05) is 11.3 Å². The van der Waals surface area contributed by atoms with Crippen LogP contribution in [-0.2, 0) is 4.79 Å². The zero-order valence-electron chi connectivity index (χ0n) is 11.6. The fraction of sp³-hybridized carbons (Fsp3) is 0.467. The third-order valence-corrected chi connectivity index (χ3v) is 4.00. The highest BCUT2D eigenvalue weighted by atomic mass is 16.4. The van der Waals surface area contributed by atoms with E-state index in [-0.39, 0.29) is 5.91 Å². The molecule has 20 heavy (non-hydrogen) atoms. The molecule has 0 aliphatic heterocycles. The van der Waals surface area contributed by atoms with Gasteiger partial charge in [0.2, 0.25) is 0 Å². The summed E-state index contributed by atoms with van der Waals surface area (Å²) >= 11 is 0. The van der Waals surface area contributed by atoms with Gasteiger partial charge in [0.1, 0.15) is 5.54 Å². The molecule has 1 amide bonds. The number of hydrogen-bond donors (Lipinski definition) is 3. The highest BCUT2D eigenvalue weighted by Crippen LogP contribution is 2.29. The SMILES string of the molecule is Cc1cc(C(=O)NC2(C(=O)O)CCCCC2)ccc1N. The van der Waals surface area contributed by atoms with Crippen LogP contribution in [0.4, 0.5) is 5.69 Å². The number of anilines is 1. The number of rotatable bonds is 3. The number of carbonyl (C=O) groups is 2. The molecule has 0 bridgehead atoms. The van der Waals surface area contributed by atoms with Crippen LogP contribution in [-0.4, -0.2) is 22.5 Å². The van der Waals surface area contributed by atoms with Crippen LogP contribution in [0.5, 0.6) is 0 Å². The molecule has 1 aliphatic carbocycles. The Labute approximate surface area is 118 Å². The van der Waals surface area contributed by atoms with E-state index >= 15 is 0 Å². The highest BCUT2D eigenvalue weighted by Gasteiger charge is 2.41. The van der Waals surface area contributed by atoms with Gasteiger partial charge in [-0.15, -0.1) is 0 Å². The molecule has 1 aliphatic rings. The molecule has 5 nitrogen and oxygen atoms in total. The second-order valence-electron chi connectivity index (χ2n) is 5.47. The van der Waals surface area contributed by atoms with Crippen LogP contribution < -0.4 is 11.1 Å². The quantitative estimate of drug-likeness (QED) is 0.737. The summed E-state index contributed by atoms with van der Waals surface area (Å²) in [5.41, 5.74) is 6.48. The molecule has 0 heterocycles. The van der Waals surface area contributed by atoms with Gasteiger partial charge >= 0.3 is 5.97 Å². The van der Waals surface area contributed by atoms with Crippen molar-refractivity contribution in [1.29, 1.82) is 0 Å². The summed E-state index contributed by atoms with van der Waals surface area (Å²) in [5, 5.41) is 12.2. The first-order chi connectivity index (χ1) is 9.44. The normalized spacial score (nSPS) is 17.4. The molecule has 5 heteroatoms. The minimum Gasteiger partial charge on any atom is -0.480 e. The summed E-state index contributed by atoms with van der Waals surface area (Å²) < 4.78 is 0. The molecular weight excluding hydrogens is 256 g/mol. The van der Waals surface area contributed by atoms with Crippen molar-refractivity contribution in [3.63, 3.8) is 0 Å². The second kappa shape index (κ2) is 5.53. The van der Waals surface area contributed by atoms with Crippen molar-refractivity contribution in [2.45, 2.75) is 44.6 Å². The first-order valence-electron chi connectivity index (χ1n) is 6.87. The smallest absolute Gasteiger partial charge is 0.329 e. The Bertz CT molecular complexity index is 534. The van der Waals surface area contributed by atoms with Gasteiger partial charge in [-0.05, 0) is 43.5 Å². The number of hydrogen-bond acceptors (Lipinski definition) is 3. The third kappa shape index (κ3) is 2.76. The summed E-state index contributed by atoms with van der Waals surface area (Å²) in [6.07, 6.45) is 3.65. The van der Waals surface area contributed by atoms with Gasteiger partial charge in [0.25, 0.3) is 5.91 Å². The van der Waals surface area contributed by atoms with Crippen LogP contribution >= 0.6 is 0 Å². The Morgan fingerprint density at radius 2 is 1.90 bits per heavy atom. The van der Waals surface area contributed by atoms with Gasteiger partial charge in [0.05, 0.1) is 0 Å². The molecule has 1 fully saturated rings. The van der Waals surface area contributed by atoms with Crippen molar-refractivity contribution in [3.05, 3.63) is 29.3 Å². The second-order valence-corrected chi connectivity index (χ2v) is 5.47. The molecular formula is C15H20N2O3. The summed E-state index contributed by atoms with van der Waals surface area (Å²) in [7, 11) is 0. The molecule has 4 N–H and O–H groups in total. The van der Waals surface area contributed by atoms with Crippen molar-refractivity contribution in [1.82, 2.24) is 5.32 Å². The number of carboxylic acid groups (broad SMARTS) is 1. The Hall–Kier alpha value is -2.04. The zero-order valence-corrected chi connectivity index (χ0v) is 11.6. The van der Waals surface area contributed by atoms with Crippen LogP contribution in [0.15, 0.2) is 18.2 Å². The number of carbonyl (C=O) groups excluding carboxylic acids is 1. The van der Waals surface area contributed by atoms with Crippen LogP contribution in [0.1, 0.15) is 48.0 Å². The van der Waals surface area contributed by atoms with E-state index in [4.69, 9.17) is 5.73 Å². The van der Waals surface area contributed by atoms with E-state index in [2.05, 4.69) is 5.32 Å². The fourth-order valence-corrected chi connectivity index (χ4v) is 2.65. The van der Waals surface area contributed by atoms with E-state index in [1.165, 1.54) is 0 Å². The molecule has 0 spiro atoms. The van der Waals surface area contributed by atoms with Crippen molar-refractivity contribution >= 4 is 17.6 Å². The Morgan fingerprint density at radius 1 is 1.25 bits per heavy atom. The molecule has 0 atom stereocenters. The first kappa shape index (κ1) is 14.4. The van der Waals surface area contributed by atoms with Gasteiger partial charge in [0.15, 0.2) is 0 Å². The fourth-order valence-electron chi connectivity index (χ4n) is 2.65. The maximum Gasteiger partial charge on any atom is 0.329 e. The molecule has 0 aromatic heterocycles. The molecule has 1 aromatic carbocycles. The van der Waals surface area contributed by atoms with E-state index in [0.29, 0.717) is 24.1 Å². The number of nitrogens with one attached hydrogen (secondary N) is 1. The van der Waals surface area contributed by atoms with E-state index < -0.39 is 11.5 Å². The first-order valence-corrected chi connectivity index (χ1v) is 6.87. The molecule has 1 saturated carbocycles. The Kier molecular flexibility index (Phi) is 3.97. The van der Waals surface area contributed by atoms with E-state index in [1.54, 1.807) is 18.2 Å². The predicted octanol–water partition coefficient (Wildman–Crippen LogP) is 2.09. The van der Waals surface area contributed by atoms with Crippen LogP contribution in [0.25, 0.3) is 0 Å². The van der Waals surface area contributed by atoms with Crippen LogP contribution in [0.2, 0.25) is 0 Å². The minimum absolute atomic E-state index is 0.350. The van der Waals surface area contributed by atoms with Gasteiger partial charge in [-0.25, -0.2) is 4.79 Å². The van der Waals surface area contributed by atoms with E-state index in [0.717, 1.165) is 24.8 Å². The lowest BCUT2D eigenvalue weighted by Crippen LogP contribution is -2.55. The number of benzene rings is 1. The molecule has 1 aromatic rings. The van der Waals surface area contributed by atoms with Crippen LogP contribution in [0.3, 0.4) is 0 Å². The van der Waals surface area contributed by atoms with Gasteiger partial charge < -0.3 is 16.2 Å². The summed E-state index contributed by atoms with van der Waals surface area (Å²) in [4.78, 5) is 23.8. The van der Waals surface area contributed by atoms with E-state index in [9.17, 15) is 14.7 Å².